The lowest BCUT2D eigenvalue weighted by Crippen LogP contribution is -2.11. The van der Waals surface area contributed by atoms with Crippen molar-refractivity contribution >= 4 is 17.5 Å². The van der Waals surface area contributed by atoms with Gasteiger partial charge in [0.2, 0.25) is 0 Å². The maximum Gasteiger partial charge on any atom is 0.340 e. The molecule has 2 rings (SSSR count). The molecule has 2 aromatic rings. The van der Waals surface area contributed by atoms with E-state index in [9.17, 15) is 4.79 Å². The third-order valence-electron chi connectivity index (χ3n) is 3.30. The molecular weight excluding hydrogens is 266 g/mol. The number of carbonyl (C=O) groups excluding carboxylic acids is 1. The van der Waals surface area contributed by atoms with Crippen molar-refractivity contribution in [1.29, 1.82) is 0 Å². The number of aromatic nitrogens is 1. The van der Waals surface area contributed by atoms with E-state index in [0.29, 0.717) is 17.1 Å². The zero-order valence-corrected chi connectivity index (χ0v) is 12.2. The van der Waals surface area contributed by atoms with Crippen LogP contribution in [0.2, 0.25) is 0 Å². The topological polar surface area (TPSA) is 77.2 Å². The molecule has 1 aromatic carbocycles. The van der Waals surface area contributed by atoms with E-state index in [2.05, 4.69) is 34.1 Å². The van der Waals surface area contributed by atoms with Gasteiger partial charge < -0.3 is 15.8 Å². The van der Waals surface area contributed by atoms with E-state index in [-0.39, 0.29) is 0 Å². The molecule has 0 fully saturated rings. The lowest BCUT2D eigenvalue weighted by molar-refractivity contribution is 0.0602. The Bertz CT molecular complexity index is 641. The monoisotopic (exact) mass is 285 g/mol. The van der Waals surface area contributed by atoms with Crippen LogP contribution in [0.25, 0.3) is 0 Å². The molecular formula is C16H19N3O2. The van der Waals surface area contributed by atoms with Gasteiger partial charge in [0, 0.05) is 6.54 Å². The van der Waals surface area contributed by atoms with Gasteiger partial charge in [-0.15, -0.1) is 0 Å². The van der Waals surface area contributed by atoms with Gasteiger partial charge in [-0.05, 0) is 30.5 Å². The molecule has 0 aliphatic heterocycles. The molecule has 5 nitrogen and oxygen atoms in total. The number of carbonyl (C=O) groups is 1. The minimum atomic E-state index is -0.461. The highest BCUT2D eigenvalue weighted by atomic mass is 16.5. The van der Waals surface area contributed by atoms with E-state index >= 15 is 0 Å². The second-order valence-corrected chi connectivity index (χ2v) is 4.75. The zero-order valence-electron chi connectivity index (χ0n) is 12.2. The first kappa shape index (κ1) is 14.8. The molecule has 110 valence electrons. The highest BCUT2D eigenvalue weighted by Gasteiger charge is 2.11. The van der Waals surface area contributed by atoms with E-state index < -0.39 is 5.97 Å². The number of hydrogen-bond donors (Lipinski definition) is 2. The second-order valence-electron chi connectivity index (χ2n) is 4.75. The molecule has 0 radical (unpaired) electrons. The third kappa shape index (κ3) is 3.72. The summed E-state index contributed by atoms with van der Waals surface area (Å²) in [6.45, 7) is 2.81. The van der Waals surface area contributed by atoms with Crippen molar-refractivity contribution < 1.29 is 9.53 Å². The standard InChI is InChI=1S/C16H19N3O2/c1-11-5-3-4-6-12(11)7-8-18-15-9-13(16(20)21-2)14(17)10-19-15/h3-6,9-10H,7-8,17H2,1-2H3,(H,18,19). The van der Waals surface area contributed by atoms with E-state index in [1.54, 1.807) is 6.07 Å². The van der Waals surface area contributed by atoms with E-state index in [1.807, 2.05) is 12.1 Å². The molecule has 0 aliphatic carbocycles. The minimum Gasteiger partial charge on any atom is -0.465 e. The van der Waals surface area contributed by atoms with Gasteiger partial charge in [-0.25, -0.2) is 9.78 Å². The molecule has 0 bridgehead atoms. The van der Waals surface area contributed by atoms with Gasteiger partial charge in [0.25, 0.3) is 0 Å². The smallest absolute Gasteiger partial charge is 0.340 e. The molecule has 21 heavy (non-hydrogen) atoms. The van der Waals surface area contributed by atoms with Crippen LogP contribution in [0.5, 0.6) is 0 Å². The summed E-state index contributed by atoms with van der Waals surface area (Å²) >= 11 is 0. The van der Waals surface area contributed by atoms with Crippen LogP contribution in [0.4, 0.5) is 11.5 Å². The summed E-state index contributed by atoms with van der Waals surface area (Å²) in [7, 11) is 1.33. The van der Waals surface area contributed by atoms with Crippen LogP contribution in [0.3, 0.4) is 0 Å². The average molecular weight is 285 g/mol. The minimum absolute atomic E-state index is 0.311. The predicted molar refractivity (Wildman–Crippen MR) is 83.4 cm³/mol. The van der Waals surface area contributed by atoms with Gasteiger partial charge in [-0.1, -0.05) is 24.3 Å². The SMILES string of the molecule is COC(=O)c1cc(NCCc2ccccc2C)ncc1N. The number of nitrogens with one attached hydrogen (secondary N) is 1. The first-order valence-electron chi connectivity index (χ1n) is 6.74. The Balaban J connectivity index is 2.01. The molecule has 0 spiro atoms. The number of anilines is 2. The Labute approximate surface area is 124 Å². The van der Waals surface area contributed by atoms with Gasteiger partial charge in [-0.3, -0.25) is 0 Å². The fourth-order valence-corrected chi connectivity index (χ4v) is 2.07. The predicted octanol–water partition coefficient (Wildman–Crippen LogP) is 2.41. The maximum atomic E-state index is 11.6. The number of rotatable bonds is 5. The summed E-state index contributed by atoms with van der Waals surface area (Å²) in [6.07, 6.45) is 2.34. The van der Waals surface area contributed by atoms with Crippen LogP contribution in [0.15, 0.2) is 36.5 Å². The lowest BCUT2D eigenvalue weighted by atomic mass is 10.1. The summed E-state index contributed by atoms with van der Waals surface area (Å²) in [5.41, 5.74) is 8.90. The maximum absolute atomic E-state index is 11.6. The Morgan fingerprint density at radius 1 is 1.38 bits per heavy atom. The number of esters is 1. The van der Waals surface area contributed by atoms with Gasteiger partial charge in [-0.2, -0.15) is 0 Å². The molecule has 3 N–H and O–H groups in total. The van der Waals surface area contributed by atoms with Crippen molar-refractivity contribution in [2.45, 2.75) is 13.3 Å². The fourth-order valence-electron chi connectivity index (χ4n) is 2.07. The number of hydrogen-bond acceptors (Lipinski definition) is 5. The molecule has 0 amide bonds. The largest absolute Gasteiger partial charge is 0.465 e. The fraction of sp³-hybridized carbons (Fsp3) is 0.250. The summed E-state index contributed by atoms with van der Waals surface area (Å²) in [5.74, 6) is 0.148. The molecule has 0 unspecified atom stereocenters. The first-order valence-corrected chi connectivity index (χ1v) is 6.74. The number of nitrogen functional groups attached to an aromatic ring is 1. The van der Waals surface area contributed by atoms with Crippen molar-refractivity contribution in [3.63, 3.8) is 0 Å². The van der Waals surface area contributed by atoms with Crippen LogP contribution in [-0.2, 0) is 11.2 Å². The average Bonchev–Trinajstić information content (AvgIpc) is 2.50. The van der Waals surface area contributed by atoms with Crippen molar-refractivity contribution in [2.75, 3.05) is 24.7 Å². The van der Waals surface area contributed by atoms with Crippen LogP contribution >= 0.6 is 0 Å². The van der Waals surface area contributed by atoms with Crippen LogP contribution < -0.4 is 11.1 Å². The van der Waals surface area contributed by atoms with Crippen molar-refractivity contribution in [3.8, 4) is 0 Å². The number of benzene rings is 1. The Morgan fingerprint density at radius 3 is 2.86 bits per heavy atom. The summed E-state index contributed by atoms with van der Waals surface area (Å²) in [6, 6.07) is 9.86. The number of methoxy groups -OCH3 is 1. The molecule has 0 aliphatic rings. The first-order chi connectivity index (χ1) is 10.1. The van der Waals surface area contributed by atoms with Crippen LogP contribution in [0.1, 0.15) is 21.5 Å². The normalized spacial score (nSPS) is 10.2. The van der Waals surface area contributed by atoms with Crippen LogP contribution in [0, 0.1) is 6.92 Å². The number of ether oxygens (including phenoxy) is 1. The Hall–Kier alpha value is -2.56. The summed E-state index contributed by atoms with van der Waals surface area (Å²) in [5, 5.41) is 3.19. The van der Waals surface area contributed by atoms with Gasteiger partial charge >= 0.3 is 5.97 Å². The highest BCUT2D eigenvalue weighted by Crippen LogP contribution is 2.16. The van der Waals surface area contributed by atoms with Crippen molar-refractivity contribution in [2.24, 2.45) is 0 Å². The van der Waals surface area contributed by atoms with Crippen molar-refractivity contribution in [1.82, 2.24) is 4.98 Å². The molecule has 0 saturated carbocycles. The summed E-state index contributed by atoms with van der Waals surface area (Å²) in [4.78, 5) is 15.7. The molecule has 1 aromatic heterocycles. The number of nitrogens with zero attached hydrogens (tertiary/aromatic N) is 1. The summed E-state index contributed by atoms with van der Waals surface area (Å²) < 4.78 is 4.69. The van der Waals surface area contributed by atoms with E-state index in [1.165, 1.54) is 24.4 Å². The Morgan fingerprint density at radius 2 is 2.14 bits per heavy atom. The van der Waals surface area contributed by atoms with E-state index in [4.69, 9.17) is 5.73 Å². The molecule has 1 heterocycles. The number of pyridine rings is 1. The zero-order chi connectivity index (χ0) is 15.2. The number of nitrogens with two attached hydrogens (primary N) is 1. The third-order valence-corrected chi connectivity index (χ3v) is 3.30. The van der Waals surface area contributed by atoms with Gasteiger partial charge in [0.15, 0.2) is 0 Å². The number of aryl methyl sites for hydroxylation is 1. The van der Waals surface area contributed by atoms with Crippen LogP contribution in [-0.4, -0.2) is 24.6 Å². The Kier molecular flexibility index (Phi) is 4.77. The second kappa shape index (κ2) is 6.74. The molecule has 0 atom stereocenters. The molecule has 5 heteroatoms. The van der Waals surface area contributed by atoms with Gasteiger partial charge in [0.05, 0.1) is 24.6 Å². The molecule has 0 saturated heterocycles. The highest BCUT2D eigenvalue weighted by molar-refractivity contribution is 5.95. The van der Waals surface area contributed by atoms with Gasteiger partial charge in [0.1, 0.15) is 5.82 Å². The van der Waals surface area contributed by atoms with Crippen molar-refractivity contribution in [3.05, 3.63) is 53.2 Å². The van der Waals surface area contributed by atoms with E-state index in [0.717, 1.165) is 13.0 Å². The lowest BCUT2D eigenvalue weighted by Gasteiger charge is -2.10. The quantitative estimate of drug-likeness (QED) is 0.825.